The molecule has 1 heterocycles. The van der Waals surface area contributed by atoms with Gasteiger partial charge in [0.2, 0.25) is 5.91 Å². The van der Waals surface area contributed by atoms with Gasteiger partial charge in [-0.25, -0.2) is 0 Å². The monoisotopic (exact) mass is 255 g/mol. The molecule has 5 heteroatoms. The van der Waals surface area contributed by atoms with Crippen molar-refractivity contribution in [2.75, 3.05) is 20.3 Å². The van der Waals surface area contributed by atoms with Crippen LogP contribution in [0.15, 0.2) is 11.6 Å². The Morgan fingerprint density at radius 3 is 2.56 bits per heavy atom. The van der Waals surface area contributed by atoms with Crippen LogP contribution in [0.5, 0.6) is 0 Å². The van der Waals surface area contributed by atoms with Gasteiger partial charge in [0.1, 0.15) is 0 Å². The van der Waals surface area contributed by atoms with Gasteiger partial charge in [0.05, 0.1) is 32.3 Å². The highest BCUT2D eigenvalue weighted by molar-refractivity contribution is 5.89. The lowest BCUT2D eigenvalue weighted by atomic mass is 9.93. The summed E-state index contributed by atoms with van der Waals surface area (Å²) < 4.78 is 9.72. The van der Waals surface area contributed by atoms with Gasteiger partial charge in [-0.15, -0.1) is 0 Å². The third-order valence-corrected chi connectivity index (χ3v) is 2.88. The molecular formula is C13H21NO4. The maximum Gasteiger partial charge on any atom is 0.308 e. The SMILES string of the molecule is CCC/C(C)=C/C(=O)NC1(CC(=O)OC)COC1. The summed E-state index contributed by atoms with van der Waals surface area (Å²) in [6.07, 6.45) is 3.64. The number of amides is 1. The number of carbonyl (C=O) groups excluding carboxylic acids is 2. The zero-order valence-corrected chi connectivity index (χ0v) is 11.2. The van der Waals surface area contributed by atoms with Gasteiger partial charge in [0.15, 0.2) is 0 Å². The minimum atomic E-state index is -0.590. The summed E-state index contributed by atoms with van der Waals surface area (Å²) in [7, 11) is 1.34. The van der Waals surface area contributed by atoms with E-state index in [0.717, 1.165) is 18.4 Å². The van der Waals surface area contributed by atoms with E-state index < -0.39 is 5.54 Å². The number of ether oxygens (including phenoxy) is 2. The number of esters is 1. The molecule has 1 aliphatic heterocycles. The molecule has 0 aromatic rings. The van der Waals surface area contributed by atoms with Gasteiger partial charge in [-0.1, -0.05) is 18.9 Å². The molecule has 0 atom stereocenters. The van der Waals surface area contributed by atoms with Crippen LogP contribution in [0.2, 0.25) is 0 Å². The summed E-state index contributed by atoms with van der Waals surface area (Å²) in [4.78, 5) is 23.1. The van der Waals surface area contributed by atoms with Crippen LogP contribution in [0.4, 0.5) is 0 Å². The molecule has 5 nitrogen and oxygen atoms in total. The standard InChI is InChI=1S/C13H21NO4/c1-4-5-10(2)6-11(15)14-13(8-18-9-13)7-12(16)17-3/h6H,4-5,7-9H2,1-3H3,(H,14,15)/b10-6+. The van der Waals surface area contributed by atoms with E-state index in [2.05, 4.69) is 17.0 Å². The van der Waals surface area contributed by atoms with Crippen molar-refractivity contribution in [3.05, 3.63) is 11.6 Å². The smallest absolute Gasteiger partial charge is 0.308 e. The predicted molar refractivity (Wildman–Crippen MR) is 67.0 cm³/mol. The van der Waals surface area contributed by atoms with E-state index in [-0.39, 0.29) is 18.3 Å². The van der Waals surface area contributed by atoms with Crippen LogP contribution in [0.1, 0.15) is 33.1 Å². The second-order valence-corrected chi connectivity index (χ2v) is 4.76. The second-order valence-electron chi connectivity index (χ2n) is 4.76. The molecule has 0 bridgehead atoms. The number of hydrogen-bond donors (Lipinski definition) is 1. The Kier molecular flexibility index (Phi) is 5.34. The second kappa shape index (κ2) is 6.54. The molecule has 0 unspecified atom stereocenters. The van der Waals surface area contributed by atoms with E-state index in [1.807, 2.05) is 6.92 Å². The minimum absolute atomic E-state index is 0.149. The normalized spacial score (nSPS) is 17.8. The lowest BCUT2D eigenvalue weighted by Gasteiger charge is -2.40. The van der Waals surface area contributed by atoms with E-state index >= 15 is 0 Å². The maximum atomic E-state index is 11.8. The van der Waals surface area contributed by atoms with Crippen molar-refractivity contribution in [2.24, 2.45) is 0 Å². The van der Waals surface area contributed by atoms with Gasteiger partial charge >= 0.3 is 5.97 Å². The van der Waals surface area contributed by atoms with Crippen LogP contribution in [-0.4, -0.2) is 37.7 Å². The van der Waals surface area contributed by atoms with E-state index in [4.69, 9.17) is 4.74 Å². The quantitative estimate of drug-likeness (QED) is 0.572. The van der Waals surface area contributed by atoms with Crippen molar-refractivity contribution >= 4 is 11.9 Å². The first-order valence-electron chi connectivity index (χ1n) is 6.15. The van der Waals surface area contributed by atoms with Crippen LogP contribution < -0.4 is 5.32 Å². The fraction of sp³-hybridized carbons (Fsp3) is 0.692. The summed E-state index contributed by atoms with van der Waals surface area (Å²) in [5.74, 6) is -0.513. The molecule has 1 aliphatic rings. The first kappa shape index (κ1) is 14.7. The third kappa shape index (κ3) is 4.14. The Balaban J connectivity index is 2.55. The van der Waals surface area contributed by atoms with Crippen molar-refractivity contribution in [3.8, 4) is 0 Å². The zero-order chi connectivity index (χ0) is 13.6. The van der Waals surface area contributed by atoms with Crippen LogP contribution in [0, 0.1) is 0 Å². The zero-order valence-electron chi connectivity index (χ0n) is 11.2. The van der Waals surface area contributed by atoms with E-state index in [1.54, 1.807) is 6.08 Å². The highest BCUT2D eigenvalue weighted by Crippen LogP contribution is 2.22. The van der Waals surface area contributed by atoms with Crippen molar-refractivity contribution in [1.29, 1.82) is 0 Å². The van der Waals surface area contributed by atoms with Gasteiger partial charge < -0.3 is 14.8 Å². The number of allylic oxidation sites excluding steroid dienone is 1. The molecule has 0 saturated carbocycles. The molecule has 18 heavy (non-hydrogen) atoms. The van der Waals surface area contributed by atoms with Crippen molar-refractivity contribution < 1.29 is 19.1 Å². The molecule has 1 saturated heterocycles. The topological polar surface area (TPSA) is 64.6 Å². The van der Waals surface area contributed by atoms with Gasteiger partial charge in [0, 0.05) is 6.08 Å². The molecule has 0 aliphatic carbocycles. The summed E-state index contributed by atoms with van der Waals surface area (Å²) in [5.41, 5.74) is 0.441. The Morgan fingerprint density at radius 1 is 1.44 bits per heavy atom. The highest BCUT2D eigenvalue weighted by atomic mass is 16.5. The van der Waals surface area contributed by atoms with Gasteiger partial charge in [-0.3, -0.25) is 9.59 Å². The number of hydrogen-bond acceptors (Lipinski definition) is 4. The third-order valence-electron chi connectivity index (χ3n) is 2.88. The van der Waals surface area contributed by atoms with Gasteiger partial charge in [0.25, 0.3) is 0 Å². The van der Waals surface area contributed by atoms with Gasteiger partial charge in [-0.2, -0.15) is 0 Å². The molecule has 102 valence electrons. The Labute approximate surface area is 108 Å². The fourth-order valence-electron chi connectivity index (χ4n) is 1.90. The Hall–Kier alpha value is -1.36. The molecule has 1 rings (SSSR count). The van der Waals surface area contributed by atoms with E-state index in [1.165, 1.54) is 7.11 Å². The lowest BCUT2D eigenvalue weighted by molar-refractivity contribution is -0.151. The maximum absolute atomic E-state index is 11.8. The summed E-state index contributed by atoms with van der Waals surface area (Å²) >= 11 is 0. The number of methoxy groups -OCH3 is 1. The number of nitrogens with one attached hydrogen (secondary N) is 1. The largest absolute Gasteiger partial charge is 0.469 e. The Bertz CT molecular complexity index is 345. The highest BCUT2D eigenvalue weighted by Gasteiger charge is 2.42. The molecule has 0 radical (unpaired) electrons. The number of rotatable bonds is 6. The average Bonchev–Trinajstić information content (AvgIpc) is 2.25. The molecular weight excluding hydrogens is 234 g/mol. The van der Waals surface area contributed by atoms with E-state index in [0.29, 0.717) is 13.2 Å². The number of carbonyl (C=O) groups is 2. The van der Waals surface area contributed by atoms with Gasteiger partial charge in [-0.05, 0) is 13.3 Å². The summed E-state index contributed by atoms with van der Waals surface area (Å²) in [6, 6.07) is 0. The molecule has 0 spiro atoms. The summed E-state index contributed by atoms with van der Waals surface area (Å²) in [5, 5.41) is 2.84. The fourth-order valence-corrected chi connectivity index (χ4v) is 1.90. The lowest BCUT2D eigenvalue weighted by Crippen LogP contribution is -2.62. The van der Waals surface area contributed by atoms with Crippen LogP contribution >= 0.6 is 0 Å². The predicted octanol–water partition coefficient (Wildman–Crippen LogP) is 1.18. The van der Waals surface area contributed by atoms with E-state index in [9.17, 15) is 9.59 Å². The molecule has 1 fully saturated rings. The van der Waals surface area contributed by atoms with Crippen molar-refractivity contribution in [1.82, 2.24) is 5.32 Å². The van der Waals surface area contributed by atoms with Crippen LogP contribution in [0.3, 0.4) is 0 Å². The first-order valence-corrected chi connectivity index (χ1v) is 6.15. The molecule has 1 N–H and O–H groups in total. The van der Waals surface area contributed by atoms with Crippen molar-refractivity contribution in [2.45, 2.75) is 38.6 Å². The van der Waals surface area contributed by atoms with Crippen LogP contribution in [0.25, 0.3) is 0 Å². The molecule has 0 aromatic carbocycles. The minimum Gasteiger partial charge on any atom is -0.469 e. The Morgan fingerprint density at radius 2 is 2.11 bits per heavy atom. The van der Waals surface area contributed by atoms with Crippen molar-refractivity contribution in [3.63, 3.8) is 0 Å². The summed E-state index contributed by atoms with van der Waals surface area (Å²) in [6.45, 7) is 4.70. The molecule has 1 amide bonds. The molecule has 0 aromatic heterocycles. The average molecular weight is 255 g/mol. The first-order chi connectivity index (χ1) is 8.51. The van der Waals surface area contributed by atoms with Crippen LogP contribution in [-0.2, 0) is 19.1 Å².